The molecule has 0 bridgehead atoms. The van der Waals surface area contributed by atoms with Gasteiger partial charge in [-0.25, -0.2) is 4.98 Å². The van der Waals surface area contributed by atoms with Gasteiger partial charge in [-0.1, -0.05) is 6.07 Å². The summed E-state index contributed by atoms with van der Waals surface area (Å²) in [7, 11) is 0. The Labute approximate surface area is 131 Å². The molecule has 23 heavy (non-hydrogen) atoms. The lowest BCUT2D eigenvalue weighted by Gasteiger charge is -2.30. The van der Waals surface area contributed by atoms with Gasteiger partial charge in [0, 0.05) is 37.0 Å². The number of hydrogen-bond donors (Lipinski definition) is 0. The third-order valence-corrected chi connectivity index (χ3v) is 4.10. The number of aromatic nitrogens is 4. The summed E-state index contributed by atoms with van der Waals surface area (Å²) < 4.78 is 1.70. The van der Waals surface area contributed by atoms with Gasteiger partial charge in [0.1, 0.15) is 12.1 Å². The van der Waals surface area contributed by atoms with Gasteiger partial charge in [0.15, 0.2) is 0 Å². The molecule has 0 atom stereocenters. The van der Waals surface area contributed by atoms with Crippen LogP contribution in [0.25, 0.3) is 5.78 Å². The number of nitro benzene ring substituents is 1. The van der Waals surface area contributed by atoms with Crippen LogP contribution in [0.4, 0.5) is 11.5 Å². The van der Waals surface area contributed by atoms with Crippen molar-refractivity contribution < 1.29 is 4.92 Å². The summed E-state index contributed by atoms with van der Waals surface area (Å²) in [5, 5.41) is 15.2. The summed E-state index contributed by atoms with van der Waals surface area (Å²) in [5.74, 6) is 1.46. The highest BCUT2D eigenvalue weighted by Gasteiger charge is 2.21. The van der Waals surface area contributed by atoms with Gasteiger partial charge in [-0.15, -0.1) is 0 Å². The molecule has 3 aromatic rings. The van der Waals surface area contributed by atoms with Gasteiger partial charge >= 0.3 is 0 Å². The second kappa shape index (κ2) is 5.01. The van der Waals surface area contributed by atoms with Crippen molar-refractivity contribution >= 4 is 17.3 Å². The van der Waals surface area contributed by atoms with Crippen LogP contribution < -0.4 is 4.90 Å². The molecule has 3 heterocycles. The minimum Gasteiger partial charge on any atom is -0.352 e. The van der Waals surface area contributed by atoms with Gasteiger partial charge in [0.25, 0.3) is 11.5 Å². The van der Waals surface area contributed by atoms with Gasteiger partial charge in [-0.05, 0) is 24.5 Å². The fourth-order valence-corrected chi connectivity index (χ4v) is 2.99. The van der Waals surface area contributed by atoms with Crippen LogP contribution in [0.15, 0.2) is 30.6 Å². The molecule has 0 radical (unpaired) electrons. The number of aryl methyl sites for hydroxylation is 1. The number of anilines is 1. The van der Waals surface area contributed by atoms with Crippen LogP contribution in [0.5, 0.6) is 0 Å². The van der Waals surface area contributed by atoms with E-state index in [1.54, 1.807) is 16.6 Å². The van der Waals surface area contributed by atoms with Crippen molar-refractivity contribution in [2.75, 3.05) is 11.4 Å². The number of nitrogens with zero attached hydrogens (tertiary/aromatic N) is 6. The molecule has 8 heteroatoms. The zero-order valence-electron chi connectivity index (χ0n) is 12.5. The molecule has 0 saturated carbocycles. The first-order chi connectivity index (χ1) is 11.1. The Bertz CT molecular complexity index is 919. The van der Waals surface area contributed by atoms with Crippen molar-refractivity contribution in [1.82, 2.24) is 19.6 Å². The van der Waals surface area contributed by atoms with Crippen LogP contribution in [0.3, 0.4) is 0 Å². The van der Waals surface area contributed by atoms with E-state index in [1.165, 1.54) is 6.33 Å². The Morgan fingerprint density at radius 2 is 2.13 bits per heavy atom. The van der Waals surface area contributed by atoms with Gasteiger partial charge in [-0.3, -0.25) is 10.1 Å². The van der Waals surface area contributed by atoms with Crippen LogP contribution in [0, 0.1) is 17.0 Å². The summed E-state index contributed by atoms with van der Waals surface area (Å²) in [6.45, 7) is 3.35. The summed E-state index contributed by atoms with van der Waals surface area (Å²) in [4.78, 5) is 21.3. The maximum Gasteiger partial charge on any atom is 0.269 e. The highest BCUT2D eigenvalue weighted by molar-refractivity contribution is 5.51. The number of fused-ring (bicyclic) bond motifs is 2. The van der Waals surface area contributed by atoms with Crippen LogP contribution >= 0.6 is 0 Å². The standard InChI is InChI=1S/C15H14N6O2/c1-10-6-14(20-15(18-10)16-9-17-20)19-5-4-11-2-3-13(21(22)23)7-12(11)8-19/h2-3,6-7,9H,4-5,8H2,1H3. The Morgan fingerprint density at radius 3 is 2.96 bits per heavy atom. The highest BCUT2D eigenvalue weighted by atomic mass is 16.6. The van der Waals surface area contributed by atoms with Crippen molar-refractivity contribution in [3.63, 3.8) is 0 Å². The molecule has 1 aliphatic rings. The van der Waals surface area contributed by atoms with E-state index in [1.807, 2.05) is 19.1 Å². The molecule has 4 rings (SSSR count). The SMILES string of the molecule is Cc1cc(N2CCc3ccc([N+](=O)[O-])cc3C2)n2ncnc2n1. The van der Waals surface area contributed by atoms with Crippen molar-refractivity contribution in [1.29, 1.82) is 0 Å². The minimum absolute atomic E-state index is 0.127. The molecule has 1 aliphatic heterocycles. The van der Waals surface area contributed by atoms with E-state index in [2.05, 4.69) is 20.0 Å². The molecule has 0 N–H and O–H groups in total. The Hall–Kier alpha value is -3.03. The molecule has 0 spiro atoms. The molecular formula is C15H14N6O2. The molecular weight excluding hydrogens is 296 g/mol. The average molecular weight is 310 g/mol. The number of nitro groups is 1. The topological polar surface area (TPSA) is 89.5 Å². The number of rotatable bonds is 2. The van der Waals surface area contributed by atoms with Crippen LogP contribution in [-0.2, 0) is 13.0 Å². The van der Waals surface area contributed by atoms with Crippen molar-refractivity contribution in [3.8, 4) is 0 Å². The second-order valence-electron chi connectivity index (χ2n) is 5.61. The lowest BCUT2D eigenvalue weighted by Crippen LogP contribution is -2.32. The number of hydrogen-bond acceptors (Lipinski definition) is 6. The Morgan fingerprint density at radius 1 is 1.26 bits per heavy atom. The molecule has 0 aliphatic carbocycles. The molecule has 0 unspecified atom stereocenters. The van der Waals surface area contributed by atoms with Gasteiger partial charge < -0.3 is 4.90 Å². The predicted molar refractivity (Wildman–Crippen MR) is 83.4 cm³/mol. The Kier molecular flexibility index (Phi) is 2.97. The smallest absolute Gasteiger partial charge is 0.269 e. The summed E-state index contributed by atoms with van der Waals surface area (Å²) in [6, 6.07) is 7.05. The summed E-state index contributed by atoms with van der Waals surface area (Å²) in [6.07, 6.45) is 2.32. The van der Waals surface area contributed by atoms with E-state index in [0.717, 1.165) is 35.6 Å². The maximum atomic E-state index is 11.0. The largest absolute Gasteiger partial charge is 0.352 e. The van der Waals surface area contributed by atoms with E-state index in [4.69, 9.17) is 0 Å². The zero-order valence-corrected chi connectivity index (χ0v) is 12.5. The van der Waals surface area contributed by atoms with E-state index < -0.39 is 0 Å². The lowest BCUT2D eigenvalue weighted by atomic mass is 9.99. The third kappa shape index (κ3) is 2.28. The van der Waals surface area contributed by atoms with E-state index in [-0.39, 0.29) is 10.6 Å². The first-order valence-electron chi connectivity index (χ1n) is 7.30. The first kappa shape index (κ1) is 13.6. The molecule has 1 aromatic carbocycles. The fraction of sp³-hybridized carbons (Fsp3) is 0.267. The minimum atomic E-state index is -0.356. The van der Waals surface area contributed by atoms with Crippen LogP contribution in [-0.4, -0.2) is 31.1 Å². The number of non-ortho nitro benzene ring substituents is 1. The van der Waals surface area contributed by atoms with Crippen molar-refractivity contribution in [2.45, 2.75) is 19.9 Å². The van der Waals surface area contributed by atoms with Gasteiger partial charge in [0.2, 0.25) is 0 Å². The quantitative estimate of drug-likeness (QED) is 0.530. The molecule has 0 fully saturated rings. The predicted octanol–water partition coefficient (Wildman–Crippen LogP) is 1.90. The summed E-state index contributed by atoms with van der Waals surface area (Å²) in [5.41, 5.74) is 3.13. The molecule has 0 saturated heterocycles. The average Bonchev–Trinajstić information content (AvgIpc) is 3.01. The third-order valence-electron chi connectivity index (χ3n) is 4.10. The first-order valence-corrected chi connectivity index (χ1v) is 7.30. The zero-order chi connectivity index (χ0) is 16.0. The van der Waals surface area contributed by atoms with Gasteiger partial charge in [-0.2, -0.15) is 14.6 Å². The monoisotopic (exact) mass is 310 g/mol. The molecule has 8 nitrogen and oxygen atoms in total. The normalized spacial score (nSPS) is 14.0. The van der Waals surface area contributed by atoms with E-state index >= 15 is 0 Å². The maximum absolute atomic E-state index is 11.0. The van der Waals surface area contributed by atoms with Gasteiger partial charge in [0.05, 0.1) is 4.92 Å². The molecule has 2 aromatic heterocycles. The second-order valence-corrected chi connectivity index (χ2v) is 5.61. The van der Waals surface area contributed by atoms with Crippen LogP contribution in [0.1, 0.15) is 16.8 Å². The van der Waals surface area contributed by atoms with Crippen molar-refractivity contribution in [2.24, 2.45) is 0 Å². The van der Waals surface area contributed by atoms with Crippen LogP contribution in [0.2, 0.25) is 0 Å². The van der Waals surface area contributed by atoms with E-state index in [0.29, 0.717) is 12.3 Å². The fourth-order valence-electron chi connectivity index (χ4n) is 2.99. The highest BCUT2D eigenvalue weighted by Crippen LogP contribution is 2.27. The lowest BCUT2D eigenvalue weighted by molar-refractivity contribution is -0.384. The summed E-state index contributed by atoms with van der Waals surface area (Å²) >= 11 is 0. The van der Waals surface area contributed by atoms with Crippen molar-refractivity contribution in [3.05, 3.63) is 57.5 Å². The molecule has 116 valence electrons. The van der Waals surface area contributed by atoms with E-state index in [9.17, 15) is 10.1 Å². The Balaban J connectivity index is 1.75. The number of benzene rings is 1. The molecule has 0 amide bonds.